The number of hydrogen-bond acceptors (Lipinski definition) is 3. The van der Waals surface area contributed by atoms with Gasteiger partial charge in [0.25, 0.3) is 0 Å². The Labute approximate surface area is 196 Å². The molecule has 1 N–H and O–H groups in total. The summed E-state index contributed by atoms with van der Waals surface area (Å²) in [6.07, 6.45) is -2.78. The monoisotopic (exact) mass is 517 g/mol. The van der Waals surface area contributed by atoms with E-state index in [1.165, 1.54) is 6.92 Å². The molecule has 6 nitrogen and oxygen atoms in total. The maximum Gasteiger partial charge on any atom is 0.436 e. The number of carbonyl (C=O) groups excluding carboxylic acids is 1. The van der Waals surface area contributed by atoms with Crippen molar-refractivity contribution >= 4 is 21.8 Å². The molecule has 4 aromatic rings. The first-order valence-electron chi connectivity index (χ1n) is 10.00. The van der Waals surface area contributed by atoms with Crippen molar-refractivity contribution in [1.82, 2.24) is 24.9 Å². The maximum atomic E-state index is 13.1. The van der Waals surface area contributed by atoms with Crippen molar-refractivity contribution < 1.29 is 18.0 Å². The standard InChI is InChI=1S/C23H19BrF3N5O/c1-15-20(24)22(23(25,26)27)30-31(15)14-19(33)28-12-17-13-32(18-10-6-3-7-11-18)29-21(17)16-8-4-2-5-9-16/h2-11,13H,12,14H2,1H3,(H,28,33). The first kappa shape index (κ1) is 22.8. The molecule has 0 radical (unpaired) electrons. The average Bonchev–Trinajstić information content (AvgIpc) is 3.36. The third kappa shape index (κ3) is 5.00. The van der Waals surface area contributed by atoms with E-state index in [1.54, 1.807) is 4.68 Å². The number of alkyl halides is 3. The fourth-order valence-electron chi connectivity index (χ4n) is 3.34. The molecule has 0 atom stereocenters. The number of hydrogen-bond donors (Lipinski definition) is 1. The number of benzene rings is 2. The molecule has 4 rings (SSSR count). The van der Waals surface area contributed by atoms with Crippen LogP contribution in [0, 0.1) is 6.92 Å². The smallest absolute Gasteiger partial charge is 0.350 e. The van der Waals surface area contributed by atoms with Crippen LogP contribution in [0.15, 0.2) is 71.3 Å². The van der Waals surface area contributed by atoms with Gasteiger partial charge in [0.1, 0.15) is 6.54 Å². The lowest BCUT2D eigenvalue weighted by Gasteiger charge is -2.07. The van der Waals surface area contributed by atoms with Crippen molar-refractivity contribution in [1.29, 1.82) is 0 Å². The normalized spacial score (nSPS) is 11.5. The Morgan fingerprint density at radius 1 is 1.03 bits per heavy atom. The lowest BCUT2D eigenvalue weighted by molar-refractivity contribution is -0.142. The summed E-state index contributed by atoms with van der Waals surface area (Å²) in [6.45, 7) is 1.29. The third-order valence-electron chi connectivity index (χ3n) is 5.03. The summed E-state index contributed by atoms with van der Waals surface area (Å²) in [5.74, 6) is -0.465. The highest BCUT2D eigenvalue weighted by Gasteiger charge is 2.38. The first-order valence-corrected chi connectivity index (χ1v) is 10.8. The van der Waals surface area contributed by atoms with Gasteiger partial charge in [0.2, 0.25) is 5.91 Å². The largest absolute Gasteiger partial charge is 0.436 e. The number of nitrogens with zero attached hydrogens (tertiary/aromatic N) is 4. The van der Waals surface area contributed by atoms with Crippen LogP contribution in [0.1, 0.15) is 17.0 Å². The highest BCUT2D eigenvalue weighted by Crippen LogP contribution is 2.35. The lowest BCUT2D eigenvalue weighted by atomic mass is 10.1. The van der Waals surface area contributed by atoms with Crippen LogP contribution in [0.3, 0.4) is 0 Å². The predicted octanol–water partition coefficient (Wildman–Crippen LogP) is 5.14. The van der Waals surface area contributed by atoms with Crippen LogP contribution in [0.5, 0.6) is 0 Å². The fraction of sp³-hybridized carbons (Fsp3) is 0.174. The van der Waals surface area contributed by atoms with Gasteiger partial charge in [-0.05, 0) is 35.0 Å². The minimum atomic E-state index is -4.61. The molecule has 2 aromatic heterocycles. The summed E-state index contributed by atoms with van der Waals surface area (Å²) in [5.41, 5.74) is 2.40. The molecular weight excluding hydrogens is 499 g/mol. The number of aromatic nitrogens is 4. The van der Waals surface area contributed by atoms with E-state index >= 15 is 0 Å². The second kappa shape index (κ2) is 9.22. The van der Waals surface area contributed by atoms with E-state index in [0.717, 1.165) is 21.5 Å². The number of amides is 1. The number of para-hydroxylation sites is 1. The Bertz CT molecular complexity index is 1270. The number of nitrogens with one attached hydrogen (secondary N) is 1. The van der Waals surface area contributed by atoms with Crippen molar-refractivity contribution in [3.63, 3.8) is 0 Å². The molecule has 170 valence electrons. The first-order chi connectivity index (χ1) is 15.7. The van der Waals surface area contributed by atoms with Crippen LogP contribution in [0.25, 0.3) is 16.9 Å². The van der Waals surface area contributed by atoms with Gasteiger partial charge < -0.3 is 5.32 Å². The van der Waals surface area contributed by atoms with Gasteiger partial charge in [0, 0.05) is 23.9 Å². The van der Waals surface area contributed by atoms with E-state index in [2.05, 4.69) is 31.4 Å². The Morgan fingerprint density at radius 3 is 2.27 bits per heavy atom. The zero-order valence-corrected chi connectivity index (χ0v) is 19.1. The van der Waals surface area contributed by atoms with Crippen LogP contribution in [0.2, 0.25) is 0 Å². The number of rotatable bonds is 6. The molecule has 1 amide bonds. The number of halogens is 4. The van der Waals surface area contributed by atoms with Crippen LogP contribution < -0.4 is 5.32 Å². The Hall–Kier alpha value is -3.40. The molecule has 0 aliphatic rings. The molecule has 33 heavy (non-hydrogen) atoms. The maximum absolute atomic E-state index is 13.1. The van der Waals surface area contributed by atoms with Gasteiger partial charge in [-0.25, -0.2) is 4.68 Å². The number of carbonyl (C=O) groups is 1. The Morgan fingerprint density at radius 2 is 1.67 bits per heavy atom. The van der Waals surface area contributed by atoms with E-state index < -0.39 is 17.8 Å². The molecule has 0 saturated heterocycles. The summed E-state index contributed by atoms with van der Waals surface area (Å²) in [5, 5.41) is 11.0. The second-order valence-corrected chi connectivity index (χ2v) is 8.12. The summed E-state index contributed by atoms with van der Waals surface area (Å²) in [7, 11) is 0. The minimum Gasteiger partial charge on any atom is -0.350 e. The highest BCUT2D eigenvalue weighted by molar-refractivity contribution is 9.10. The fourth-order valence-corrected chi connectivity index (χ4v) is 3.84. The van der Waals surface area contributed by atoms with Crippen molar-refractivity contribution in [2.24, 2.45) is 0 Å². The van der Waals surface area contributed by atoms with Crippen LogP contribution in [-0.4, -0.2) is 25.5 Å². The van der Waals surface area contributed by atoms with Crippen LogP contribution >= 0.6 is 15.9 Å². The van der Waals surface area contributed by atoms with Gasteiger partial charge in [-0.3, -0.25) is 9.48 Å². The van der Waals surface area contributed by atoms with Gasteiger partial charge in [-0.15, -0.1) is 0 Å². The van der Waals surface area contributed by atoms with Gasteiger partial charge in [-0.2, -0.15) is 23.4 Å². The van der Waals surface area contributed by atoms with Gasteiger partial charge in [0.15, 0.2) is 5.69 Å². The molecule has 0 bridgehead atoms. The summed E-state index contributed by atoms with van der Waals surface area (Å²) < 4.78 is 41.8. The van der Waals surface area contributed by atoms with Crippen LogP contribution in [-0.2, 0) is 24.1 Å². The molecule has 0 aliphatic carbocycles. The van der Waals surface area contributed by atoms with Crippen molar-refractivity contribution in [3.8, 4) is 16.9 Å². The van der Waals surface area contributed by atoms with E-state index in [0.29, 0.717) is 5.69 Å². The Balaban J connectivity index is 1.55. The van der Waals surface area contributed by atoms with E-state index in [-0.39, 0.29) is 23.3 Å². The SMILES string of the molecule is Cc1c(Br)c(C(F)(F)F)nn1CC(=O)NCc1cn(-c2ccccc2)nc1-c1ccccc1. The van der Waals surface area contributed by atoms with Crippen molar-refractivity contribution in [3.05, 3.63) is 88.3 Å². The van der Waals surface area contributed by atoms with E-state index in [9.17, 15) is 18.0 Å². The van der Waals surface area contributed by atoms with E-state index in [4.69, 9.17) is 0 Å². The average molecular weight is 518 g/mol. The molecule has 2 heterocycles. The molecule has 0 aliphatic heterocycles. The van der Waals surface area contributed by atoms with Crippen LogP contribution in [0.4, 0.5) is 13.2 Å². The molecule has 0 saturated carbocycles. The Kier molecular flexibility index (Phi) is 6.37. The minimum absolute atomic E-state index is 0.156. The van der Waals surface area contributed by atoms with Crippen molar-refractivity contribution in [2.45, 2.75) is 26.2 Å². The van der Waals surface area contributed by atoms with E-state index in [1.807, 2.05) is 66.9 Å². The van der Waals surface area contributed by atoms with Gasteiger partial charge in [0.05, 0.1) is 21.5 Å². The summed E-state index contributed by atoms with van der Waals surface area (Å²) in [6, 6.07) is 19.1. The predicted molar refractivity (Wildman–Crippen MR) is 121 cm³/mol. The van der Waals surface area contributed by atoms with Gasteiger partial charge >= 0.3 is 6.18 Å². The molecule has 0 fully saturated rings. The molecule has 2 aromatic carbocycles. The third-order valence-corrected chi connectivity index (χ3v) is 5.98. The molecule has 10 heteroatoms. The zero-order valence-electron chi connectivity index (χ0n) is 17.5. The lowest BCUT2D eigenvalue weighted by Crippen LogP contribution is -2.28. The molecule has 0 unspecified atom stereocenters. The summed E-state index contributed by atoms with van der Waals surface area (Å²) >= 11 is 2.92. The summed E-state index contributed by atoms with van der Waals surface area (Å²) in [4.78, 5) is 12.5. The topological polar surface area (TPSA) is 64.7 Å². The molecular formula is C23H19BrF3N5O. The molecule has 0 spiro atoms. The zero-order chi connectivity index (χ0) is 23.6. The quantitative estimate of drug-likeness (QED) is 0.385. The van der Waals surface area contributed by atoms with Gasteiger partial charge in [-0.1, -0.05) is 48.5 Å². The van der Waals surface area contributed by atoms with Crippen molar-refractivity contribution in [2.75, 3.05) is 0 Å². The highest BCUT2D eigenvalue weighted by atomic mass is 79.9. The second-order valence-electron chi connectivity index (χ2n) is 7.33.